The fourth-order valence-corrected chi connectivity index (χ4v) is 1.62. The van der Waals surface area contributed by atoms with Crippen LogP contribution in [0.3, 0.4) is 0 Å². The van der Waals surface area contributed by atoms with E-state index in [4.69, 9.17) is 4.52 Å². The van der Waals surface area contributed by atoms with Gasteiger partial charge in [-0.15, -0.1) is 0 Å². The summed E-state index contributed by atoms with van der Waals surface area (Å²) >= 11 is 0. The first kappa shape index (κ1) is 8.30. The smallest absolute Gasteiger partial charge is 0.141 e. The number of rotatable bonds is 0. The first-order valence-corrected chi connectivity index (χ1v) is 4.44. The molecule has 0 aliphatic carbocycles. The van der Waals surface area contributed by atoms with E-state index in [1.54, 1.807) is 0 Å². The van der Waals surface area contributed by atoms with Crippen molar-refractivity contribution >= 4 is 10.9 Å². The van der Waals surface area contributed by atoms with E-state index in [1.807, 2.05) is 6.92 Å². The Kier molecular flexibility index (Phi) is 1.65. The van der Waals surface area contributed by atoms with Crippen molar-refractivity contribution in [2.45, 2.75) is 27.7 Å². The summed E-state index contributed by atoms with van der Waals surface area (Å²) in [5.74, 6) is 0.904. The molecule has 0 saturated carbocycles. The largest absolute Gasteiger partial charge is 0.360 e. The molecule has 2 aromatic rings. The highest BCUT2D eigenvalue weighted by Crippen LogP contribution is 2.25. The van der Waals surface area contributed by atoms with Crippen LogP contribution in [0.15, 0.2) is 10.6 Å². The van der Waals surface area contributed by atoms with Gasteiger partial charge in [0, 0.05) is 5.39 Å². The first-order chi connectivity index (χ1) is 6.11. The van der Waals surface area contributed by atoms with E-state index >= 15 is 0 Å². The highest BCUT2D eigenvalue weighted by molar-refractivity contribution is 5.85. The van der Waals surface area contributed by atoms with Crippen LogP contribution in [0.25, 0.3) is 10.9 Å². The number of benzene rings is 1. The van der Waals surface area contributed by atoms with Crippen LogP contribution >= 0.6 is 0 Å². The number of hydrogen-bond acceptors (Lipinski definition) is 2. The molecule has 1 aromatic heterocycles. The minimum absolute atomic E-state index is 0.904. The van der Waals surface area contributed by atoms with Gasteiger partial charge in [-0.2, -0.15) is 0 Å². The van der Waals surface area contributed by atoms with Crippen molar-refractivity contribution < 1.29 is 4.52 Å². The minimum Gasteiger partial charge on any atom is -0.360 e. The maximum atomic E-state index is 5.16. The second-order valence-electron chi connectivity index (χ2n) is 3.58. The average Bonchev–Trinajstić information content (AvgIpc) is 2.45. The summed E-state index contributed by atoms with van der Waals surface area (Å²) in [5, 5.41) is 5.18. The lowest BCUT2D eigenvalue weighted by Crippen LogP contribution is -1.87. The lowest BCUT2D eigenvalue weighted by atomic mass is 10.0. The van der Waals surface area contributed by atoms with Gasteiger partial charge < -0.3 is 4.52 Å². The summed E-state index contributed by atoms with van der Waals surface area (Å²) in [7, 11) is 0. The third kappa shape index (κ3) is 1.05. The predicted molar refractivity (Wildman–Crippen MR) is 53.0 cm³/mol. The second-order valence-corrected chi connectivity index (χ2v) is 3.58. The summed E-state index contributed by atoms with van der Waals surface area (Å²) in [5.41, 5.74) is 4.84. The summed E-state index contributed by atoms with van der Waals surface area (Å²) in [4.78, 5) is 0. The topological polar surface area (TPSA) is 26.0 Å². The Morgan fingerprint density at radius 1 is 1.08 bits per heavy atom. The van der Waals surface area contributed by atoms with E-state index in [2.05, 4.69) is 32.0 Å². The van der Waals surface area contributed by atoms with Gasteiger partial charge in [-0.05, 0) is 50.5 Å². The molecule has 2 heteroatoms. The summed E-state index contributed by atoms with van der Waals surface area (Å²) in [6.45, 7) is 8.28. The van der Waals surface area contributed by atoms with E-state index in [9.17, 15) is 0 Å². The molecule has 0 radical (unpaired) electrons. The zero-order chi connectivity index (χ0) is 9.59. The predicted octanol–water partition coefficient (Wildman–Crippen LogP) is 3.06. The molecule has 1 aromatic carbocycles. The van der Waals surface area contributed by atoms with Crippen molar-refractivity contribution in [1.29, 1.82) is 0 Å². The Hall–Kier alpha value is -1.31. The van der Waals surface area contributed by atoms with Crippen LogP contribution in [0.5, 0.6) is 0 Å². The lowest BCUT2D eigenvalue weighted by Gasteiger charge is -2.03. The Morgan fingerprint density at radius 2 is 1.77 bits per heavy atom. The average molecular weight is 175 g/mol. The van der Waals surface area contributed by atoms with Gasteiger partial charge in [0.25, 0.3) is 0 Å². The van der Waals surface area contributed by atoms with Crippen LogP contribution in [0.4, 0.5) is 0 Å². The number of hydrogen-bond donors (Lipinski definition) is 0. The van der Waals surface area contributed by atoms with Gasteiger partial charge in [0.05, 0.1) is 0 Å². The third-order valence-corrected chi connectivity index (χ3v) is 2.78. The Labute approximate surface area is 77.5 Å². The van der Waals surface area contributed by atoms with Crippen LogP contribution < -0.4 is 0 Å². The van der Waals surface area contributed by atoms with Gasteiger partial charge in [0.2, 0.25) is 0 Å². The molecule has 2 rings (SSSR count). The maximum absolute atomic E-state index is 5.16. The molecular weight excluding hydrogens is 162 g/mol. The molecule has 0 atom stereocenters. The molecule has 2 nitrogen and oxygen atoms in total. The van der Waals surface area contributed by atoms with Crippen molar-refractivity contribution in [3.05, 3.63) is 28.5 Å². The van der Waals surface area contributed by atoms with Gasteiger partial charge >= 0.3 is 0 Å². The molecule has 0 N–H and O–H groups in total. The van der Waals surface area contributed by atoms with Crippen molar-refractivity contribution in [2.75, 3.05) is 0 Å². The van der Waals surface area contributed by atoms with Crippen LogP contribution in [0, 0.1) is 27.7 Å². The fourth-order valence-electron chi connectivity index (χ4n) is 1.62. The first-order valence-electron chi connectivity index (χ1n) is 4.44. The van der Waals surface area contributed by atoms with Gasteiger partial charge in [-0.1, -0.05) is 5.16 Å². The van der Waals surface area contributed by atoms with E-state index in [0.29, 0.717) is 0 Å². The summed E-state index contributed by atoms with van der Waals surface area (Å²) in [6, 6.07) is 2.14. The number of nitrogens with zero attached hydrogens (tertiary/aromatic N) is 1. The third-order valence-electron chi connectivity index (χ3n) is 2.78. The van der Waals surface area contributed by atoms with Crippen molar-refractivity contribution in [2.24, 2.45) is 0 Å². The van der Waals surface area contributed by atoms with E-state index in [0.717, 1.165) is 16.7 Å². The van der Waals surface area contributed by atoms with Gasteiger partial charge in [-0.3, -0.25) is 0 Å². The fraction of sp³-hybridized carbons (Fsp3) is 0.364. The number of aryl methyl sites for hydroxylation is 3. The van der Waals surface area contributed by atoms with Gasteiger partial charge in [-0.25, -0.2) is 0 Å². The van der Waals surface area contributed by atoms with Gasteiger partial charge in [0.1, 0.15) is 11.3 Å². The molecule has 0 spiro atoms. The molecule has 0 fully saturated rings. The molecule has 0 aliphatic heterocycles. The highest BCUT2D eigenvalue weighted by Gasteiger charge is 2.09. The molecule has 68 valence electrons. The molecule has 0 unspecified atom stereocenters. The standard InChI is InChI=1S/C11H13NO/c1-6-5-10-9(4)13-12-11(10)8(3)7(6)2/h5H,1-4H3. The van der Waals surface area contributed by atoms with E-state index < -0.39 is 0 Å². The number of aromatic nitrogens is 1. The molecule has 0 aliphatic rings. The van der Waals surface area contributed by atoms with Crippen LogP contribution in [-0.2, 0) is 0 Å². The molecular formula is C11H13NO. The number of fused-ring (bicyclic) bond motifs is 1. The maximum Gasteiger partial charge on any atom is 0.141 e. The van der Waals surface area contributed by atoms with E-state index in [1.165, 1.54) is 16.7 Å². The Morgan fingerprint density at radius 3 is 2.46 bits per heavy atom. The minimum atomic E-state index is 0.904. The van der Waals surface area contributed by atoms with Crippen molar-refractivity contribution in [3.63, 3.8) is 0 Å². The monoisotopic (exact) mass is 175 g/mol. The summed E-state index contributed by atoms with van der Waals surface area (Å²) in [6.07, 6.45) is 0. The quantitative estimate of drug-likeness (QED) is 0.615. The molecule has 13 heavy (non-hydrogen) atoms. The molecule has 1 heterocycles. The van der Waals surface area contributed by atoms with Gasteiger partial charge in [0.15, 0.2) is 0 Å². The van der Waals surface area contributed by atoms with Crippen LogP contribution in [-0.4, -0.2) is 5.16 Å². The normalized spacial score (nSPS) is 11.1. The molecule has 0 amide bonds. The zero-order valence-corrected chi connectivity index (χ0v) is 8.43. The highest BCUT2D eigenvalue weighted by atomic mass is 16.5. The van der Waals surface area contributed by atoms with Crippen LogP contribution in [0.1, 0.15) is 22.5 Å². The lowest BCUT2D eigenvalue weighted by molar-refractivity contribution is 0.405. The van der Waals surface area contributed by atoms with Crippen molar-refractivity contribution in [1.82, 2.24) is 5.16 Å². The summed E-state index contributed by atoms with van der Waals surface area (Å²) < 4.78 is 5.16. The van der Waals surface area contributed by atoms with E-state index in [-0.39, 0.29) is 0 Å². The second kappa shape index (κ2) is 2.59. The zero-order valence-electron chi connectivity index (χ0n) is 8.43. The molecule has 0 bridgehead atoms. The van der Waals surface area contributed by atoms with Crippen molar-refractivity contribution in [3.8, 4) is 0 Å². The Balaban J connectivity index is 2.96. The molecule has 0 saturated heterocycles. The Bertz CT molecular complexity index is 468. The van der Waals surface area contributed by atoms with Crippen LogP contribution in [0.2, 0.25) is 0 Å². The SMILES string of the molecule is Cc1cc2c(C)onc2c(C)c1C.